The third-order valence-corrected chi connectivity index (χ3v) is 3.33. The second-order valence-corrected chi connectivity index (χ2v) is 4.63. The monoisotopic (exact) mass is 248 g/mol. The van der Waals surface area contributed by atoms with Crippen LogP contribution in [0.1, 0.15) is 27.0 Å². The fourth-order valence-corrected chi connectivity index (χ4v) is 2.36. The number of nitriles is 1. The Morgan fingerprint density at radius 3 is 2.68 bits per heavy atom. The summed E-state index contributed by atoms with van der Waals surface area (Å²) in [7, 11) is 0. The van der Waals surface area contributed by atoms with Gasteiger partial charge in [-0.2, -0.15) is 5.26 Å². The summed E-state index contributed by atoms with van der Waals surface area (Å²) >= 11 is 0. The van der Waals surface area contributed by atoms with Crippen molar-refractivity contribution in [3.8, 4) is 6.07 Å². The van der Waals surface area contributed by atoms with E-state index in [9.17, 15) is 4.79 Å². The van der Waals surface area contributed by atoms with E-state index in [1.165, 1.54) is 0 Å². The number of carbonyl (C=O) groups excluding carboxylic acids is 1. The van der Waals surface area contributed by atoms with Gasteiger partial charge in [0.2, 0.25) is 0 Å². The predicted molar refractivity (Wildman–Crippen MR) is 71.2 cm³/mol. The lowest BCUT2D eigenvalue weighted by atomic mass is 10.1. The molecule has 0 N–H and O–H groups in total. The van der Waals surface area contributed by atoms with E-state index in [0.29, 0.717) is 24.2 Å². The summed E-state index contributed by atoms with van der Waals surface area (Å²) in [6, 6.07) is 17.3. The second kappa shape index (κ2) is 4.58. The van der Waals surface area contributed by atoms with Crippen LogP contribution in [0.3, 0.4) is 0 Å². The van der Waals surface area contributed by atoms with Crippen LogP contribution in [-0.2, 0) is 13.1 Å². The summed E-state index contributed by atoms with van der Waals surface area (Å²) in [6.45, 7) is 1.23. The molecule has 19 heavy (non-hydrogen) atoms. The summed E-state index contributed by atoms with van der Waals surface area (Å²) in [6.07, 6.45) is 0. The number of hydrogen-bond acceptors (Lipinski definition) is 2. The van der Waals surface area contributed by atoms with Gasteiger partial charge in [-0.3, -0.25) is 4.79 Å². The zero-order chi connectivity index (χ0) is 13.2. The van der Waals surface area contributed by atoms with Crippen molar-refractivity contribution in [1.82, 2.24) is 4.90 Å². The van der Waals surface area contributed by atoms with E-state index < -0.39 is 0 Å². The van der Waals surface area contributed by atoms with E-state index in [2.05, 4.69) is 6.07 Å². The van der Waals surface area contributed by atoms with Gasteiger partial charge in [0.15, 0.2) is 0 Å². The van der Waals surface area contributed by atoms with Crippen molar-refractivity contribution in [2.24, 2.45) is 0 Å². The number of rotatable bonds is 2. The summed E-state index contributed by atoms with van der Waals surface area (Å²) in [4.78, 5) is 14.1. The van der Waals surface area contributed by atoms with Crippen LogP contribution in [0, 0.1) is 11.3 Å². The first-order valence-electron chi connectivity index (χ1n) is 6.14. The predicted octanol–water partition coefficient (Wildman–Crippen LogP) is 2.71. The number of benzene rings is 2. The van der Waals surface area contributed by atoms with Crippen LogP contribution in [0.25, 0.3) is 0 Å². The molecule has 2 aromatic carbocycles. The number of fused-ring (bicyclic) bond motifs is 1. The lowest BCUT2D eigenvalue weighted by Gasteiger charge is -2.15. The van der Waals surface area contributed by atoms with Crippen molar-refractivity contribution in [3.05, 3.63) is 70.8 Å². The van der Waals surface area contributed by atoms with Gasteiger partial charge in [-0.15, -0.1) is 0 Å². The molecule has 1 aliphatic heterocycles. The summed E-state index contributed by atoms with van der Waals surface area (Å²) in [5, 5.41) is 8.88. The molecule has 0 spiro atoms. The highest BCUT2D eigenvalue weighted by molar-refractivity contribution is 5.98. The molecule has 1 heterocycles. The topological polar surface area (TPSA) is 44.1 Å². The number of amides is 1. The highest BCUT2D eigenvalue weighted by atomic mass is 16.2. The highest BCUT2D eigenvalue weighted by Gasteiger charge is 2.27. The molecule has 3 rings (SSSR count). The van der Waals surface area contributed by atoms with Crippen LogP contribution in [0.4, 0.5) is 0 Å². The van der Waals surface area contributed by atoms with Crippen LogP contribution >= 0.6 is 0 Å². The first kappa shape index (κ1) is 11.5. The third-order valence-electron chi connectivity index (χ3n) is 3.33. The molecular weight excluding hydrogens is 236 g/mol. The Labute approximate surface area is 111 Å². The molecule has 0 atom stereocenters. The van der Waals surface area contributed by atoms with Gasteiger partial charge in [-0.05, 0) is 23.3 Å². The molecule has 3 nitrogen and oxygen atoms in total. The molecular formula is C16H12N2O. The van der Waals surface area contributed by atoms with Crippen molar-refractivity contribution >= 4 is 5.91 Å². The zero-order valence-electron chi connectivity index (χ0n) is 10.3. The third kappa shape index (κ3) is 2.09. The molecule has 0 bridgehead atoms. The molecule has 0 radical (unpaired) electrons. The van der Waals surface area contributed by atoms with Crippen molar-refractivity contribution in [2.45, 2.75) is 13.1 Å². The van der Waals surface area contributed by atoms with Gasteiger partial charge in [0.25, 0.3) is 5.91 Å². The maximum Gasteiger partial charge on any atom is 0.254 e. The Balaban J connectivity index is 1.86. The van der Waals surface area contributed by atoms with Gasteiger partial charge in [-0.1, -0.05) is 36.4 Å². The Bertz CT molecular complexity index is 671. The van der Waals surface area contributed by atoms with Gasteiger partial charge in [0, 0.05) is 18.7 Å². The quantitative estimate of drug-likeness (QED) is 0.820. The molecule has 1 aliphatic rings. The van der Waals surface area contributed by atoms with E-state index in [4.69, 9.17) is 5.26 Å². The zero-order valence-corrected chi connectivity index (χ0v) is 10.3. The normalized spacial score (nSPS) is 13.2. The maximum absolute atomic E-state index is 12.3. The Hall–Kier alpha value is -2.60. The average Bonchev–Trinajstić information content (AvgIpc) is 2.76. The van der Waals surface area contributed by atoms with E-state index in [1.54, 1.807) is 17.0 Å². The van der Waals surface area contributed by atoms with Gasteiger partial charge in [0.1, 0.15) is 0 Å². The van der Waals surface area contributed by atoms with Crippen LogP contribution in [-0.4, -0.2) is 10.8 Å². The van der Waals surface area contributed by atoms with Crippen molar-refractivity contribution in [1.29, 1.82) is 5.26 Å². The van der Waals surface area contributed by atoms with Gasteiger partial charge in [0.05, 0.1) is 11.6 Å². The van der Waals surface area contributed by atoms with Crippen LogP contribution in [0.5, 0.6) is 0 Å². The summed E-state index contributed by atoms with van der Waals surface area (Å²) in [5.41, 5.74) is 3.31. The molecule has 0 aliphatic carbocycles. The van der Waals surface area contributed by atoms with E-state index in [1.807, 2.05) is 36.4 Å². The largest absolute Gasteiger partial charge is 0.330 e. The molecule has 1 amide bonds. The van der Waals surface area contributed by atoms with E-state index in [0.717, 1.165) is 11.1 Å². The minimum Gasteiger partial charge on any atom is -0.330 e. The van der Waals surface area contributed by atoms with Gasteiger partial charge in [-0.25, -0.2) is 0 Å². The van der Waals surface area contributed by atoms with E-state index in [-0.39, 0.29) is 5.91 Å². The Morgan fingerprint density at radius 1 is 1.16 bits per heavy atom. The van der Waals surface area contributed by atoms with Gasteiger partial charge < -0.3 is 4.90 Å². The number of hydrogen-bond donors (Lipinski definition) is 0. The molecule has 3 heteroatoms. The maximum atomic E-state index is 12.3. The molecule has 0 fully saturated rings. The molecule has 2 aromatic rings. The Kier molecular flexibility index (Phi) is 2.77. The van der Waals surface area contributed by atoms with Crippen molar-refractivity contribution < 1.29 is 4.79 Å². The first-order valence-corrected chi connectivity index (χ1v) is 6.14. The average molecular weight is 248 g/mol. The van der Waals surface area contributed by atoms with Gasteiger partial charge >= 0.3 is 0 Å². The minimum atomic E-state index is 0.0101. The molecule has 0 unspecified atom stereocenters. The number of carbonyl (C=O) groups is 1. The lowest BCUT2D eigenvalue weighted by Crippen LogP contribution is -2.23. The smallest absolute Gasteiger partial charge is 0.254 e. The minimum absolute atomic E-state index is 0.0101. The highest BCUT2D eigenvalue weighted by Crippen LogP contribution is 2.25. The van der Waals surface area contributed by atoms with Crippen LogP contribution < -0.4 is 0 Å². The van der Waals surface area contributed by atoms with Crippen molar-refractivity contribution in [2.75, 3.05) is 0 Å². The molecule has 0 saturated carbocycles. The second-order valence-electron chi connectivity index (χ2n) is 4.63. The lowest BCUT2D eigenvalue weighted by molar-refractivity contribution is 0.0766. The first-order chi connectivity index (χ1) is 9.28. The van der Waals surface area contributed by atoms with E-state index >= 15 is 0 Å². The fourth-order valence-electron chi connectivity index (χ4n) is 2.36. The standard InChI is InChI=1S/C16H12N2O/c17-9-13-6-7-14-11-18(16(19)15(14)8-13)10-12-4-2-1-3-5-12/h1-8H,10-11H2. The number of nitrogens with zero attached hydrogens (tertiary/aromatic N) is 2. The van der Waals surface area contributed by atoms with Crippen molar-refractivity contribution in [3.63, 3.8) is 0 Å². The Morgan fingerprint density at radius 2 is 1.95 bits per heavy atom. The molecule has 92 valence electrons. The SMILES string of the molecule is N#Cc1ccc2c(c1)C(=O)N(Cc1ccccc1)C2. The molecule has 0 saturated heterocycles. The van der Waals surface area contributed by atoms with Crippen LogP contribution in [0.15, 0.2) is 48.5 Å². The van der Waals surface area contributed by atoms with Crippen LogP contribution in [0.2, 0.25) is 0 Å². The fraction of sp³-hybridized carbons (Fsp3) is 0.125. The summed E-state index contributed by atoms with van der Waals surface area (Å²) in [5.74, 6) is 0.0101. The molecule has 0 aromatic heterocycles. The summed E-state index contributed by atoms with van der Waals surface area (Å²) < 4.78 is 0.